The number of carbonyl (C=O) groups excluding carboxylic acids is 1. The molecule has 0 bridgehead atoms. The lowest BCUT2D eigenvalue weighted by molar-refractivity contribution is 0.0195. The van der Waals surface area contributed by atoms with Crippen LogP contribution in [0.1, 0.15) is 33.6 Å². The molecule has 2 heterocycles. The summed E-state index contributed by atoms with van der Waals surface area (Å²) in [5, 5.41) is 23.7. The maximum absolute atomic E-state index is 12.2. The molecular weight excluding hydrogens is 320 g/mol. The van der Waals surface area contributed by atoms with Gasteiger partial charge in [0.25, 0.3) is 0 Å². The Morgan fingerprint density at radius 2 is 2.00 bits per heavy atom. The van der Waals surface area contributed by atoms with Crippen molar-refractivity contribution in [3.8, 4) is 6.07 Å². The molecule has 132 valence electrons. The molecule has 0 radical (unpaired) electrons. The molecule has 1 aromatic carbocycles. The largest absolute Gasteiger partial charge is 0.444 e. The van der Waals surface area contributed by atoms with Gasteiger partial charge in [-0.25, -0.2) is 4.79 Å². The number of aromatic amines is 1. The highest BCUT2D eigenvalue weighted by Gasteiger charge is 2.37. The third kappa shape index (κ3) is 3.82. The van der Waals surface area contributed by atoms with Gasteiger partial charge in [0.05, 0.1) is 6.07 Å². The van der Waals surface area contributed by atoms with Crippen molar-refractivity contribution in [1.82, 2.24) is 20.3 Å². The second-order valence-corrected chi connectivity index (χ2v) is 7.31. The molecule has 0 spiro atoms. The Morgan fingerprint density at radius 3 is 2.64 bits per heavy atom. The molecule has 8 nitrogen and oxygen atoms in total. The summed E-state index contributed by atoms with van der Waals surface area (Å²) in [5.74, 6) is 0. The molecule has 0 unspecified atom stereocenters. The molecule has 8 heteroatoms. The van der Waals surface area contributed by atoms with Crippen LogP contribution in [0.4, 0.5) is 10.5 Å². The maximum atomic E-state index is 12.2. The van der Waals surface area contributed by atoms with Gasteiger partial charge in [-0.05, 0) is 39.0 Å². The van der Waals surface area contributed by atoms with E-state index in [4.69, 9.17) is 4.74 Å². The molecule has 1 aliphatic rings. The van der Waals surface area contributed by atoms with Gasteiger partial charge in [-0.15, -0.1) is 0 Å². The van der Waals surface area contributed by atoms with E-state index in [1.165, 1.54) is 0 Å². The average molecular weight is 342 g/mol. The molecule has 0 aliphatic carbocycles. The predicted octanol–water partition coefficient (Wildman–Crippen LogP) is 2.66. The number of carbonyl (C=O) groups is 1. The Kier molecular flexibility index (Phi) is 4.25. The van der Waals surface area contributed by atoms with Crippen molar-refractivity contribution in [2.24, 2.45) is 0 Å². The first-order valence-electron chi connectivity index (χ1n) is 8.28. The van der Waals surface area contributed by atoms with Gasteiger partial charge >= 0.3 is 6.09 Å². The first-order valence-corrected chi connectivity index (χ1v) is 8.28. The number of ether oxygens (including phenoxy) is 1. The summed E-state index contributed by atoms with van der Waals surface area (Å²) in [4.78, 5) is 13.8. The van der Waals surface area contributed by atoms with Gasteiger partial charge in [0.15, 0.2) is 0 Å². The number of anilines is 1. The summed E-state index contributed by atoms with van der Waals surface area (Å²) in [6, 6.07) is 7.97. The fourth-order valence-electron chi connectivity index (χ4n) is 2.86. The summed E-state index contributed by atoms with van der Waals surface area (Å²) in [7, 11) is 0. The maximum Gasteiger partial charge on any atom is 0.410 e. The number of rotatable bonds is 2. The van der Waals surface area contributed by atoms with E-state index in [1.54, 1.807) is 4.90 Å². The van der Waals surface area contributed by atoms with Gasteiger partial charge in [-0.2, -0.15) is 20.7 Å². The molecule has 1 aromatic heterocycles. The van der Waals surface area contributed by atoms with Crippen molar-refractivity contribution >= 4 is 22.8 Å². The second kappa shape index (κ2) is 6.24. The van der Waals surface area contributed by atoms with E-state index in [9.17, 15) is 10.1 Å². The van der Waals surface area contributed by atoms with Crippen LogP contribution in [0.3, 0.4) is 0 Å². The molecule has 2 N–H and O–H groups in total. The van der Waals surface area contributed by atoms with Gasteiger partial charge in [0.2, 0.25) is 0 Å². The molecule has 3 rings (SSSR count). The summed E-state index contributed by atoms with van der Waals surface area (Å²) < 4.78 is 5.40. The zero-order chi connectivity index (χ0) is 18.1. The SMILES string of the molecule is CC(C)(C)OC(=O)N1CCC(C#N)(Nc2ccc3n[nH]nc3c2)CC1. The fraction of sp³-hybridized carbons (Fsp3) is 0.529. The van der Waals surface area contributed by atoms with E-state index >= 15 is 0 Å². The number of piperidine rings is 1. The monoisotopic (exact) mass is 342 g/mol. The zero-order valence-electron chi connectivity index (χ0n) is 14.7. The number of hydrogen-bond acceptors (Lipinski definition) is 6. The minimum absolute atomic E-state index is 0.331. The van der Waals surface area contributed by atoms with Crippen LogP contribution in [0.15, 0.2) is 18.2 Å². The molecule has 1 aliphatic heterocycles. The predicted molar refractivity (Wildman–Crippen MR) is 92.9 cm³/mol. The van der Waals surface area contributed by atoms with E-state index in [2.05, 4.69) is 26.8 Å². The minimum Gasteiger partial charge on any atom is -0.444 e. The van der Waals surface area contributed by atoms with Crippen molar-refractivity contribution in [3.05, 3.63) is 18.2 Å². The van der Waals surface area contributed by atoms with Gasteiger partial charge in [-0.3, -0.25) is 0 Å². The minimum atomic E-state index is -0.712. The number of aromatic nitrogens is 3. The third-order valence-electron chi connectivity index (χ3n) is 4.18. The lowest BCUT2D eigenvalue weighted by Gasteiger charge is -2.38. The third-order valence-corrected chi connectivity index (χ3v) is 4.18. The average Bonchev–Trinajstić information content (AvgIpc) is 3.01. The highest BCUT2D eigenvalue weighted by atomic mass is 16.6. The number of nitrogens with one attached hydrogen (secondary N) is 2. The molecule has 0 atom stereocenters. The number of amides is 1. The van der Waals surface area contributed by atoms with E-state index in [0.29, 0.717) is 25.9 Å². The Labute approximate surface area is 146 Å². The number of likely N-dealkylation sites (tertiary alicyclic amines) is 1. The topological polar surface area (TPSA) is 107 Å². The number of fused-ring (bicyclic) bond motifs is 1. The molecule has 0 saturated carbocycles. The lowest BCUT2D eigenvalue weighted by atomic mass is 9.88. The van der Waals surface area contributed by atoms with Crippen LogP contribution in [0.25, 0.3) is 11.0 Å². The Bertz CT molecular complexity index is 808. The van der Waals surface area contributed by atoms with E-state index in [0.717, 1.165) is 16.7 Å². The quantitative estimate of drug-likeness (QED) is 0.869. The van der Waals surface area contributed by atoms with Crippen LogP contribution in [-0.2, 0) is 4.74 Å². The highest BCUT2D eigenvalue weighted by molar-refractivity contribution is 5.78. The summed E-state index contributed by atoms with van der Waals surface area (Å²) >= 11 is 0. The van der Waals surface area contributed by atoms with Crippen molar-refractivity contribution in [1.29, 1.82) is 5.26 Å². The fourth-order valence-corrected chi connectivity index (χ4v) is 2.86. The van der Waals surface area contributed by atoms with Gasteiger partial charge in [0.1, 0.15) is 22.2 Å². The second-order valence-electron chi connectivity index (χ2n) is 7.31. The molecule has 1 amide bonds. The molecule has 1 fully saturated rings. The van der Waals surface area contributed by atoms with Crippen molar-refractivity contribution in [3.63, 3.8) is 0 Å². The van der Waals surface area contributed by atoms with E-state index in [-0.39, 0.29) is 6.09 Å². The van der Waals surface area contributed by atoms with Crippen LogP contribution >= 0.6 is 0 Å². The van der Waals surface area contributed by atoms with Crippen LogP contribution in [0.2, 0.25) is 0 Å². The smallest absolute Gasteiger partial charge is 0.410 e. The number of benzene rings is 1. The van der Waals surface area contributed by atoms with Crippen LogP contribution < -0.4 is 5.32 Å². The van der Waals surface area contributed by atoms with Crippen LogP contribution in [-0.4, -0.2) is 50.6 Å². The molecule has 25 heavy (non-hydrogen) atoms. The first kappa shape index (κ1) is 17.0. The number of nitriles is 1. The highest BCUT2D eigenvalue weighted by Crippen LogP contribution is 2.28. The lowest BCUT2D eigenvalue weighted by Crippen LogP contribution is -2.51. The normalized spacial score (nSPS) is 17.1. The molecule has 2 aromatic rings. The number of H-pyrrole nitrogens is 1. The van der Waals surface area contributed by atoms with Crippen LogP contribution in [0, 0.1) is 11.3 Å². The summed E-state index contributed by atoms with van der Waals surface area (Å²) in [6.45, 7) is 6.48. The summed E-state index contributed by atoms with van der Waals surface area (Å²) in [6.07, 6.45) is 0.724. The van der Waals surface area contributed by atoms with Gasteiger partial charge in [-0.1, -0.05) is 0 Å². The van der Waals surface area contributed by atoms with Crippen LogP contribution in [0.5, 0.6) is 0 Å². The number of hydrogen-bond donors (Lipinski definition) is 2. The van der Waals surface area contributed by atoms with Gasteiger partial charge < -0.3 is 15.0 Å². The Hall–Kier alpha value is -2.82. The molecule has 1 saturated heterocycles. The standard InChI is InChI=1S/C17H22N6O2/c1-16(2,3)25-15(24)23-8-6-17(11-18,7-9-23)19-12-4-5-13-14(10-12)21-22-20-13/h4-5,10,19H,6-9H2,1-3H3,(H,20,21,22). The first-order chi connectivity index (χ1) is 11.8. The number of nitrogens with zero attached hydrogens (tertiary/aromatic N) is 4. The van der Waals surface area contributed by atoms with Gasteiger partial charge in [0, 0.05) is 31.6 Å². The van der Waals surface area contributed by atoms with Crippen molar-refractivity contribution < 1.29 is 9.53 Å². The Balaban J connectivity index is 1.67. The zero-order valence-corrected chi connectivity index (χ0v) is 14.7. The Morgan fingerprint density at radius 1 is 1.32 bits per heavy atom. The van der Waals surface area contributed by atoms with Crippen molar-refractivity contribution in [2.75, 3.05) is 18.4 Å². The van der Waals surface area contributed by atoms with E-state index in [1.807, 2.05) is 39.0 Å². The van der Waals surface area contributed by atoms with E-state index < -0.39 is 11.1 Å². The molecular formula is C17H22N6O2. The summed E-state index contributed by atoms with van der Waals surface area (Å²) in [5.41, 5.74) is 1.09. The van der Waals surface area contributed by atoms with Crippen molar-refractivity contribution in [2.45, 2.75) is 44.8 Å².